The fraction of sp³-hybridized carbons (Fsp3) is 0.929. The third-order valence-corrected chi connectivity index (χ3v) is 3.08. The summed E-state index contributed by atoms with van der Waals surface area (Å²) in [5.41, 5.74) is -1.17. The van der Waals surface area contributed by atoms with E-state index in [0.717, 1.165) is 6.42 Å². The summed E-state index contributed by atoms with van der Waals surface area (Å²) in [4.78, 5) is 13.8. The van der Waals surface area contributed by atoms with Crippen LogP contribution in [0.15, 0.2) is 0 Å². The van der Waals surface area contributed by atoms with E-state index >= 15 is 0 Å². The molecular formula is C14H27NO4. The van der Waals surface area contributed by atoms with Crippen LogP contribution in [0, 0.1) is 5.92 Å². The van der Waals surface area contributed by atoms with E-state index in [0.29, 0.717) is 6.54 Å². The number of rotatable bonds is 3. The Balaban J connectivity index is 2.66. The van der Waals surface area contributed by atoms with Gasteiger partial charge in [-0.25, -0.2) is 4.79 Å². The monoisotopic (exact) mass is 273 g/mol. The Hall–Kier alpha value is -0.810. The third kappa shape index (κ3) is 4.66. The molecule has 19 heavy (non-hydrogen) atoms. The predicted molar refractivity (Wildman–Crippen MR) is 72.8 cm³/mol. The zero-order valence-corrected chi connectivity index (χ0v) is 12.9. The normalized spacial score (nSPS) is 24.4. The molecule has 0 bridgehead atoms. The fourth-order valence-corrected chi connectivity index (χ4v) is 2.19. The summed E-state index contributed by atoms with van der Waals surface area (Å²) in [5, 5.41) is 9.09. The van der Waals surface area contributed by atoms with Crippen molar-refractivity contribution in [2.45, 2.75) is 65.4 Å². The van der Waals surface area contributed by atoms with Crippen LogP contribution in [0.5, 0.6) is 0 Å². The summed E-state index contributed by atoms with van der Waals surface area (Å²) in [6.45, 7) is 11.9. The van der Waals surface area contributed by atoms with Gasteiger partial charge < -0.3 is 14.6 Å². The highest BCUT2D eigenvalue weighted by Crippen LogP contribution is 2.31. The number of hydrogen-bond acceptors (Lipinski definition) is 4. The van der Waals surface area contributed by atoms with Crippen molar-refractivity contribution in [2.24, 2.45) is 5.92 Å². The lowest BCUT2D eigenvalue weighted by Gasteiger charge is -2.31. The molecule has 1 aliphatic rings. The van der Waals surface area contributed by atoms with Crippen LogP contribution in [-0.4, -0.2) is 46.7 Å². The Kier molecular flexibility index (Phi) is 4.85. The van der Waals surface area contributed by atoms with Gasteiger partial charge in [0.15, 0.2) is 0 Å². The first kappa shape index (κ1) is 16.2. The lowest BCUT2D eigenvalue weighted by Crippen LogP contribution is -2.46. The molecule has 1 amide bonds. The SMILES string of the molecule is C[C@H](CO)C[C@@H]1CN(C(=O)OC(C)(C)C)C(C)(C)O1. The second-order valence-corrected chi connectivity index (χ2v) is 6.80. The molecule has 5 nitrogen and oxygen atoms in total. The van der Waals surface area contributed by atoms with Gasteiger partial charge in [-0.2, -0.15) is 0 Å². The molecule has 0 aromatic heterocycles. The van der Waals surface area contributed by atoms with E-state index in [2.05, 4.69) is 0 Å². The van der Waals surface area contributed by atoms with Crippen LogP contribution < -0.4 is 0 Å². The minimum atomic E-state index is -0.665. The van der Waals surface area contributed by atoms with E-state index < -0.39 is 11.3 Å². The molecule has 1 rings (SSSR count). The minimum Gasteiger partial charge on any atom is -0.444 e. The Morgan fingerprint density at radius 2 is 2.11 bits per heavy atom. The van der Waals surface area contributed by atoms with Crippen molar-refractivity contribution in [3.05, 3.63) is 0 Å². The molecule has 1 saturated heterocycles. The van der Waals surface area contributed by atoms with Gasteiger partial charge in [-0.3, -0.25) is 4.90 Å². The van der Waals surface area contributed by atoms with Gasteiger partial charge in [0.1, 0.15) is 11.3 Å². The third-order valence-electron chi connectivity index (χ3n) is 3.08. The quantitative estimate of drug-likeness (QED) is 0.857. The van der Waals surface area contributed by atoms with Crippen molar-refractivity contribution in [3.8, 4) is 0 Å². The van der Waals surface area contributed by atoms with Crippen molar-refractivity contribution in [1.82, 2.24) is 4.90 Å². The van der Waals surface area contributed by atoms with Crippen LogP contribution in [0.4, 0.5) is 4.79 Å². The molecule has 0 spiro atoms. The second kappa shape index (κ2) is 5.67. The Morgan fingerprint density at radius 1 is 1.53 bits per heavy atom. The molecule has 1 heterocycles. The van der Waals surface area contributed by atoms with Crippen molar-refractivity contribution in [1.29, 1.82) is 0 Å². The van der Waals surface area contributed by atoms with Gasteiger partial charge >= 0.3 is 6.09 Å². The van der Waals surface area contributed by atoms with Crippen LogP contribution in [0.1, 0.15) is 48.0 Å². The van der Waals surface area contributed by atoms with E-state index in [1.165, 1.54) is 0 Å². The number of ether oxygens (including phenoxy) is 2. The number of amides is 1. The molecule has 0 radical (unpaired) electrons. The molecule has 0 saturated carbocycles. The van der Waals surface area contributed by atoms with Crippen LogP contribution in [-0.2, 0) is 9.47 Å². The highest BCUT2D eigenvalue weighted by Gasteiger charge is 2.44. The Morgan fingerprint density at radius 3 is 2.58 bits per heavy atom. The molecule has 1 N–H and O–H groups in total. The average Bonchev–Trinajstić information content (AvgIpc) is 2.50. The van der Waals surface area contributed by atoms with Gasteiger partial charge in [-0.15, -0.1) is 0 Å². The highest BCUT2D eigenvalue weighted by atomic mass is 16.6. The van der Waals surface area contributed by atoms with Crippen molar-refractivity contribution < 1.29 is 19.4 Å². The predicted octanol–water partition coefficient (Wildman–Crippen LogP) is 2.38. The molecule has 0 aromatic carbocycles. The van der Waals surface area contributed by atoms with E-state index in [9.17, 15) is 4.79 Å². The van der Waals surface area contributed by atoms with Gasteiger partial charge in [0.25, 0.3) is 0 Å². The summed E-state index contributed by atoms with van der Waals surface area (Å²) >= 11 is 0. The van der Waals surface area contributed by atoms with Crippen LogP contribution in [0.25, 0.3) is 0 Å². The molecule has 0 unspecified atom stereocenters. The molecule has 0 aromatic rings. The second-order valence-electron chi connectivity index (χ2n) is 6.80. The number of carbonyl (C=O) groups is 1. The zero-order valence-electron chi connectivity index (χ0n) is 12.9. The summed E-state index contributed by atoms with van der Waals surface area (Å²) in [7, 11) is 0. The number of hydrogen-bond donors (Lipinski definition) is 1. The average molecular weight is 273 g/mol. The van der Waals surface area contributed by atoms with Crippen LogP contribution >= 0.6 is 0 Å². The maximum absolute atomic E-state index is 12.2. The number of carbonyl (C=O) groups excluding carboxylic acids is 1. The summed E-state index contributed by atoms with van der Waals surface area (Å²) in [6.07, 6.45) is 0.334. The van der Waals surface area contributed by atoms with Gasteiger partial charge in [0, 0.05) is 6.61 Å². The van der Waals surface area contributed by atoms with E-state index in [4.69, 9.17) is 14.6 Å². The van der Waals surface area contributed by atoms with Gasteiger partial charge in [-0.1, -0.05) is 6.92 Å². The molecule has 5 heteroatoms. The Labute approximate surface area is 115 Å². The van der Waals surface area contributed by atoms with Crippen molar-refractivity contribution in [2.75, 3.05) is 13.2 Å². The lowest BCUT2D eigenvalue weighted by atomic mass is 10.1. The topological polar surface area (TPSA) is 59.0 Å². The fourth-order valence-electron chi connectivity index (χ4n) is 2.19. The highest BCUT2D eigenvalue weighted by molar-refractivity contribution is 5.69. The number of aliphatic hydroxyl groups excluding tert-OH is 1. The smallest absolute Gasteiger partial charge is 0.412 e. The van der Waals surface area contributed by atoms with Gasteiger partial charge in [0.05, 0.1) is 12.6 Å². The minimum absolute atomic E-state index is 0.0512. The summed E-state index contributed by atoms with van der Waals surface area (Å²) < 4.78 is 11.3. The maximum Gasteiger partial charge on any atom is 0.412 e. The zero-order chi connectivity index (χ0) is 14.8. The standard InChI is InChI=1S/C14H27NO4/c1-10(9-16)7-11-8-15(14(5,6)18-11)12(17)19-13(2,3)4/h10-11,16H,7-9H2,1-6H3/t10-,11+/m0/s1. The van der Waals surface area contributed by atoms with Crippen LogP contribution in [0.3, 0.4) is 0 Å². The molecule has 2 atom stereocenters. The lowest BCUT2D eigenvalue weighted by molar-refractivity contribution is -0.0821. The molecule has 1 aliphatic heterocycles. The molecular weight excluding hydrogens is 246 g/mol. The molecule has 0 aliphatic carbocycles. The number of nitrogens with zero attached hydrogens (tertiary/aromatic N) is 1. The molecule has 1 fully saturated rings. The number of aliphatic hydroxyl groups is 1. The maximum atomic E-state index is 12.2. The Bertz CT molecular complexity index is 322. The first-order chi connectivity index (χ1) is 8.55. The van der Waals surface area contributed by atoms with Crippen LogP contribution in [0.2, 0.25) is 0 Å². The molecule has 112 valence electrons. The van der Waals surface area contributed by atoms with E-state index in [1.807, 2.05) is 41.5 Å². The summed E-state index contributed by atoms with van der Waals surface area (Å²) in [6, 6.07) is 0. The van der Waals surface area contributed by atoms with Crippen molar-refractivity contribution >= 4 is 6.09 Å². The van der Waals surface area contributed by atoms with Gasteiger partial charge in [0.2, 0.25) is 0 Å². The largest absolute Gasteiger partial charge is 0.444 e. The van der Waals surface area contributed by atoms with E-state index in [1.54, 1.807) is 4.90 Å². The summed E-state index contributed by atoms with van der Waals surface area (Å²) in [5.74, 6) is 0.166. The van der Waals surface area contributed by atoms with Gasteiger partial charge in [-0.05, 0) is 47.0 Å². The van der Waals surface area contributed by atoms with Crippen molar-refractivity contribution in [3.63, 3.8) is 0 Å². The first-order valence-electron chi connectivity index (χ1n) is 6.84. The van der Waals surface area contributed by atoms with E-state index in [-0.39, 0.29) is 24.7 Å². The first-order valence-corrected chi connectivity index (χ1v) is 6.84.